The Labute approximate surface area is 134 Å². The maximum atomic E-state index is 12.0. The molecule has 2 N–H and O–H groups in total. The van der Waals surface area contributed by atoms with Crippen LogP contribution >= 0.6 is 12.4 Å². The zero-order valence-corrected chi connectivity index (χ0v) is 14.3. The first-order chi connectivity index (χ1) is 9.52. The number of nitrogens with zero attached hydrogens (tertiary/aromatic N) is 1. The van der Waals surface area contributed by atoms with Crippen molar-refractivity contribution in [3.8, 4) is 0 Å². The number of piperidine rings is 1. The highest BCUT2D eigenvalue weighted by Gasteiger charge is 2.21. The molecule has 1 rings (SSSR count). The summed E-state index contributed by atoms with van der Waals surface area (Å²) in [5.41, 5.74) is 0. The Morgan fingerprint density at radius 3 is 2.38 bits per heavy atom. The molecule has 1 aliphatic heterocycles. The molecule has 1 aliphatic rings. The fourth-order valence-electron chi connectivity index (χ4n) is 2.59. The summed E-state index contributed by atoms with van der Waals surface area (Å²) < 4.78 is 0. The van der Waals surface area contributed by atoms with Gasteiger partial charge in [0.05, 0.1) is 0 Å². The van der Waals surface area contributed by atoms with Gasteiger partial charge in [0.15, 0.2) is 0 Å². The Bertz CT molecular complexity index is 316. The van der Waals surface area contributed by atoms with Gasteiger partial charge in [-0.3, -0.25) is 9.59 Å². The van der Waals surface area contributed by atoms with Crippen molar-refractivity contribution in [1.82, 2.24) is 15.5 Å². The summed E-state index contributed by atoms with van der Waals surface area (Å²) in [7, 11) is 1.97. The van der Waals surface area contributed by atoms with Gasteiger partial charge >= 0.3 is 0 Å². The average molecular weight is 320 g/mol. The van der Waals surface area contributed by atoms with Crippen molar-refractivity contribution < 1.29 is 9.59 Å². The Kier molecular flexibility index (Phi) is 10.4. The van der Waals surface area contributed by atoms with Gasteiger partial charge in [-0.2, -0.15) is 0 Å². The van der Waals surface area contributed by atoms with Crippen LogP contribution in [0.25, 0.3) is 0 Å². The van der Waals surface area contributed by atoms with Crippen LogP contribution in [0.15, 0.2) is 0 Å². The number of amides is 2. The second kappa shape index (κ2) is 10.9. The van der Waals surface area contributed by atoms with Gasteiger partial charge in [0.2, 0.25) is 11.8 Å². The number of carbonyl (C=O) groups is 2. The minimum atomic E-state index is 0. The normalized spacial score (nSPS) is 15.7. The molecule has 5 nitrogen and oxygen atoms in total. The number of carbonyl (C=O) groups excluding carboxylic acids is 2. The van der Waals surface area contributed by atoms with Crippen molar-refractivity contribution in [3.05, 3.63) is 0 Å². The van der Waals surface area contributed by atoms with Gasteiger partial charge in [-0.15, -0.1) is 12.4 Å². The van der Waals surface area contributed by atoms with E-state index in [4.69, 9.17) is 0 Å². The first kappa shape index (κ1) is 20.2. The Balaban J connectivity index is 0.00000400. The van der Waals surface area contributed by atoms with Crippen LogP contribution in [-0.4, -0.2) is 49.9 Å². The van der Waals surface area contributed by atoms with Crippen LogP contribution in [-0.2, 0) is 9.59 Å². The smallest absolute Gasteiger partial charge is 0.224 e. The number of nitrogens with one attached hydrogen (secondary N) is 2. The van der Waals surface area contributed by atoms with Crippen LogP contribution in [0.1, 0.15) is 39.5 Å². The average Bonchev–Trinajstić information content (AvgIpc) is 2.39. The first-order valence-corrected chi connectivity index (χ1v) is 7.72. The molecule has 2 amide bonds. The fourth-order valence-corrected chi connectivity index (χ4v) is 2.59. The molecule has 0 spiro atoms. The van der Waals surface area contributed by atoms with Crippen LogP contribution in [0.4, 0.5) is 0 Å². The van der Waals surface area contributed by atoms with Gasteiger partial charge in [-0.25, -0.2) is 0 Å². The molecule has 6 heteroatoms. The van der Waals surface area contributed by atoms with Gasteiger partial charge in [0.25, 0.3) is 0 Å². The molecule has 0 aromatic rings. The maximum absolute atomic E-state index is 12.0. The standard InChI is InChI=1S/C15H29N3O2.ClH/c1-12(2)10-14(19)17-7-4-15(20)18-8-5-13(6-9-18)11-16-3;/h12-13,16H,4-11H2,1-3H3,(H,17,19);1H. The van der Waals surface area contributed by atoms with Crippen molar-refractivity contribution in [2.45, 2.75) is 39.5 Å². The lowest BCUT2D eigenvalue weighted by Gasteiger charge is -2.32. The van der Waals surface area contributed by atoms with E-state index < -0.39 is 0 Å². The molecule has 0 saturated carbocycles. The second-order valence-corrected chi connectivity index (χ2v) is 6.08. The summed E-state index contributed by atoms with van der Waals surface area (Å²) in [6.45, 7) is 7.23. The highest BCUT2D eigenvalue weighted by Crippen LogP contribution is 2.16. The Hall–Kier alpha value is -0.810. The number of hydrogen-bond donors (Lipinski definition) is 2. The highest BCUT2D eigenvalue weighted by atomic mass is 35.5. The summed E-state index contributed by atoms with van der Waals surface area (Å²) in [5, 5.41) is 6.01. The highest BCUT2D eigenvalue weighted by molar-refractivity contribution is 5.85. The van der Waals surface area contributed by atoms with E-state index in [9.17, 15) is 9.59 Å². The summed E-state index contributed by atoms with van der Waals surface area (Å²) in [4.78, 5) is 25.4. The molecule has 0 bridgehead atoms. The summed E-state index contributed by atoms with van der Waals surface area (Å²) in [5.74, 6) is 1.25. The quantitative estimate of drug-likeness (QED) is 0.746. The molecule has 124 valence electrons. The van der Waals surface area contributed by atoms with Crippen molar-refractivity contribution in [1.29, 1.82) is 0 Å². The van der Waals surface area contributed by atoms with E-state index in [1.54, 1.807) is 0 Å². The van der Waals surface area contributed by atoms with Gasteiger partial charge in [0, 0.05) is 32.5 Å². The Morgan fingerprint density at radius 2 is 1.86 bits per heavy atom. The first-order valence-electron chi connectivity index (χ1n) is 7.72. The van der Waals surface area contributed by atoms with E-state index in [0.717, 1.165) is 32.5 Å². The van der Waals surface area contributed by atoms with Crippen molar-refractivity contribution in [2.75, 3.05) is 33.2 Å². The van der Waals surface area contributed by atoms with Crippen molar-refractivity contribution in [2.24, 2.45) is 11.8 Å². The molecule has 1 heterocycles. The van der Waals surface area contributed by atoms with E-state index >= 15 is 0 Å². The molecule has 0 aromatic heterocycles. The molecule has 0 radical (unpaired) electrons. The molecule has 0 atom stereocenters. The van der Waals surface area contributed by atoms with Crippen molar-refractivity contribution >= 4 is 24.2 Å². The summed E-state index contributed by atoms with van der Waals surface area (Å²) >= 11 is 0. The topological polar surface area (TPSA) is 61.4 Å². The SMILES string of the molecule is CNCC1CCN(C(=O)CCNC(=O)CC(C)C)CC1.Cl. The van der Waals surface area contributed by atoms with Gasteiger partial charge in [-0.1, -0.05) is 13.8 Å². The largest absolute Gasteiger partial charge is 0.356 e. The van der Waals surface area contributed by atoms with E-state index in [1.165, 1.54) is 0 Å². The summed E-state index contributed by atoms with van der Waals surface area (Å²) in [6, 6.07) is 0. The van der Waals surface area contributed by atoms with Gasteiger partial charge in [0.1, 0.15) is 0 Å². The summed E-state index contributed by atoms with van der Waals surface area (Å²) in [6.07, 6.45) is 3.10. The minimum Gasteiger partial charge on any atom is -0.356 e. The van der Waals surface area contributed by atoms with Crippen LogP contribution in [0.5, 0.6) is 0 Å². The van der Waals surface area contributed by atoms with E-state index in [0.29, 0.717) is 31.2 Å². The maximum Gasteiger partial charge on any atom is 0.224 e. The lowest BCUT2D eigenvalue weighted by Crippen LogP contribution is -2.41. The van der Waals surface area contributed by atoms with E-state index in [2.05, 4.69) is 10.6 Å². The molecule has 0 aliphatic carbocycles. The third kappa shape index (κ3) is 8.27. The van der Waals surface area contributed by atoms with E-state index in [1.807, 2.05) is 25.8 Å². The van der Waals surface area contributed by atoms with Gasteiger partial charge in [-0.05, 0) is 38.3 Å². The molecule has 1 saturated heterocycles. The van der Waals surface area contributed by atoms with Crippen LogP contribution in [0, 0.1) is 11.8 Å². The van der Waals surface area contributed by atoms with Crippen molar-refractivity contribution in [3.63, 3.8) is 0 Å². The number of hydrogen-bond acceptors (Lipinski definition) is 3. The van der Waals surface area contributed by atoms with Crippen LogP contribution in [0.2, 0.25) is 0 Å². The lowest BCUT2D eigenvalue weighted by atomic mass is 9.96. The van der Waals surface area contributed by atoms with E-state index in [-0.39, 0.29) is 24.2 Å². The second-order valence-electron chi connectivity index (χ2n) is 6.08. The lowest BCUT2D eigenvalue weighted by molar-refractivity contribution is -0.132. The predicted octanol–water partition coefficient (Wildman–Crippen LogP) is 1.42. The van der Waals surface area contributed by atoms with Crippen LogP contribution < -0.4 is 10.6 Å². The monoisotopic (exact) mass is 319 g/mol. The molecule has 0 unspecified atom stereocenters. The third-order valence-electron chi connectivity index (χ3n) is 3.71. The van der Waals surface area contributed by atoms with Gasteiger partial charge < -0.3 is 15.5 Å². The minimum absolute atomic E-state index is 0. The fraction of sp³-hybridized carbons (Fsp3) is 0.867. The number of rotatable bonds is 7. The number of likely N-dealkylation sites (tertiary alicyclic amines) is 1. The Morgan fingerprint density at radius 1 is 1.24 bits per heavy atom. The molecule has 0 aromatic carbocycles. The zero-order valence-electron chi connectivity index (χ0n) is 13.5. The molecular weight excluding hydrogens is 290 g/mol. The third-order valence-corrected chi connectivity index (χ3v) is 3.71. The van der Waals surface area contributed by atoms with Crippen LogP contribution in [0.3, 0.4) is 0 Å². The zero-order chi connectivity index (χ0) is 15.0. The molecule has 21 heavy (non-hydrogen) atoms. The molecule has 1 fully saturated rings. The number of halogens is 1. The predicted molar refractivity (Wildman–Crippen MR) is 87.6 cm³/mol. The molecular formula is C15H30ClN3O2.